The summed E-state index contributed by atoms with van der Waals surface area (Å²) in [6.07, 6.45) is 4.21. The molecule has 0 nitrogen and oxygen atoms in total. The van der Waals surface area contributed by atoms with Crippen molar-refractivity contribution < 1.29 is 0 Å². The molecule has 0 aliphatic carbocycles. The lowest BCUT2D eigenvalue weighted by molar-refractivity contribution is 1.43. The van der Waals surface area contributed by atoms with Crippen molar-refractivity contribution in [3.63, 3.8) is 0 Å². The molecule has 0 unspecified atom stereocenters. The highest BCUT2D eigenvalue weighted by Crippen LogP contribution is 2.06. The summed E-state index contributed by atoms with van der Waals surface area (Å²) in [5, 5.41) is 2.19. The van der Waals surface area contributed by atoms with E-state index in [0.29, 0.717) is 0 Å². The summed E-state index contributed by atoms with van der Waals surface area (Å²) < 4.78 is 0. The van der Waals surface area contributed by atoms with E-state index in [1.165, 1.54) is 11.3 Å². The van der Waals surface area contributed by atoms with Gasteiger partial charge in [0.2, 0.25) is 0 Å². The van der Waals surface area contributed by atoms with Gasteiger partial charge in [-0.15, -0.1) is 11.8 Å². The smallest absolute Gasteiger partial charge is 0.0145 e. The van der Waals surface area contributed by atoms with E-state index in [9.17, 15) is 0 Å². The Kier molecular flexibility index (Phi) is 5.88. The van der Waals surface area contributed by atoms with Gasteiger partial charge < -0.3 is 0 Å². The van der Waals surface area contributed by atoms with Gasteiger partial charge in [-0.2, -0.15) is 11.8 Å². The molecule has 48 valence electrons. The second-order valence-electron chi connectivity index (χ2n) is 1.63. The molecule has 0 heterocycles. The fourth-order valence-electron chi connectivity index (χ4n) is 0.463. The Morgan fingerprint density at radius 3 is 2.50 bits per heavy atom. The van der Waals surface area contributed by atoms with E-state index < -0.39 is 0 Å². The van der Waals surface area contributed by atoms with Crippen LogP contribution in [0.5, 0.6) is 0 Å². The second-order valence-corrected chi connectivity index (χ2v) is 3.21. The number of hydrogen-bond donors (Lipinski definition) is 0. The van der Waals surface area contributed by atoms with Gasteiger partial charge in [0.1, 0.15) is 0 Å². The van der Waals surface area contributed by atoms with Gasteiger partial charge in [0.25, 0.3) is 0 Å². The Hall–Kier alpha value is 0.440. The fourth-order valence-corrected chi connectivity index (χ4v) is 1.59. The van der Waals surface area contributed by atoms with Gasteiger partial charge in [0.15, 0.2) is 0 Å². The highest BCUT2D eigenvalue weighted by atomic mass is 32.2. The number of rotatable bonds is 3. The van der Waals surface area contributed by atoms with Gasteiger partial charge in [-0.25, -0.2) is 0 Å². The van der Waals surface area contributed by atoms with Crippen LogP contribution >= 0.6 is 23.5 Å². The van der Waals surface area contributed by atoms with Crippen LogP contribution in [0.2, 0.25) is 0 Å². The third-order valence-corrected chi connectivity index (χ3v) is 2.07. The standard InChI is InChI=1S/C6H12S2/c1-6(4-7-2)5-8-3/h4H,5H2,1-3H3. The van der Waals surface area contributed by atoms with Crippen LogP contribution in [0.4, 0.5) is 0 Å². The molecule has 0 saturated carbocycles. The van der Waals surface area contributed by atoms with Crippen molar-refractivity contribution in [2.45, 2.75) is 6.92 Å². The van der Waals surface area contributed by atoms with Crippen molar-refractivity contribution in [1.29, 1.82) is 0 Å². The van der Waals surface area contributed by atoms with Gasteiger partial charge in [-0.05, 0) is 24.8 Å². The molecule has 0 atom stereocenters. The molecular formula is C6H12S2. The topological polar surface area (TPSA) is 0 Å². The van der Waals surface area contributed by atoms with Gasteiger partial charge in [0, 0.05) is 5.75 Å². The fraction of sp³-hybridized carbons (Fsp3) is 0.667. The van der Waals surface area contributed by atoms with Crippen LogP contribution in [0.3, 0.4) is 0 Å². The Bertz CT molecular complexity index is 76.6. The predicted octanol–water partition coefficient (Wildman–Crippen LogP) is 2.62. The molecule has 0 aromatic carbocycles. The quantitative estimate of drug-likeness (QED) is 0.603. The number of hydrogen-bond acceptors (Lipinski definition) is 2. The highest BCUT2D eigenvalue weighted by Gasteiger charge is 1.82. The van der Waals surface area contributed by atoms with E-state index in [0.717, 1.165) is 0 Å². The Morgan fingerprint density at radius 1 is 1.50 bits per heavy atom. The molecule has 0 aromatic heterocycles. The lowest BCUT2D eigenvalue weighted by Crippen LogP contribution is -1.76. The molecule has 0 bridgehead atoms. The summed E-state index contributed by atoms with van der Waals surface area (Å²) in [6, 6.07) is 0. The third kappa shape index (κ3) is 4.60. The summed E-state index contributed by atoms with van der Waals surface area (Å²) >= 11 is 3.64. The molecule has 8 heavy (non-hydrogen) atoms. The molecule has 0 aromatic rings. The van der Waals surface area contributed by atoms with Crippen LogP contribution in [-0.2, 0) is 0 Å². The molecule has 0 spiro atoms. The Labute approximate surface area is 60.1 Å². The van der Waals surface area contributed by atoms with Crippen LogP contribution in [0, 0.1) is 0 Å². The van der Waals surface area contributed by atoms with Crippen LogP contribution in [0.25, 0.3) is 0 Å². The van der Waals surface area contributed by atoms with Gasteiger partial charge in [-0.1, -0.05) is 5.57 Å². The molecule has 0 rings (SSSR count). The summed E-state index contributed by atoms with van der Waals surface area (Å²) in [7, 11) is 0. The zero-order valence-corrected chi connectivity index (χ0v) is 7.23. The van der Waals surface area contributed by atoms with Crippen molar-refractivity contribution in [3.8, 4) is 0 Å². The molecular weight excluding hydrogens is 136 g/mol. The summed E-state index contributed by atoms with van der Waals surface area (Å²) in [5.41, 5.74) is 1.46. The average molecular weight is 148 g/mol. The molecule has 0 aliphatic rings. The maximum Gasteiger partial charge on any atom is 0.0145 e. The molecule has 0 saturated heterocycles. The SMILES string of the molecule is CSC=C(C)CSC. The maximum absolute atomic E-state index is 2.19. The Balaban J connectivity index is 3.29. The largest absolute Gasteiger partial charge is 0.161 e. The minimum absolute atomic E-state index is 1.17. The molecule has 0 amide bonds. The minimum Gasteiger partial charge on any atom is -0.161 e. The molecule has 2 heteroatoms. The van der Waals surface area contributed by atoms with Crippen LogP contribution in [0.15, 0.2) is 11.0 Å². The van der Waals surface area contributed by atoms with E-state index >= 15 is 0 Å². The first-order valence-electron chi connectivity index (χ1n) is 2.48. The van der Waals surface area contributed by atoms with Crippen molar-refractivity contribution in [2.75, 3.05) is 18.3 Å². The zero-order valence-electron chi connectivity index (χ0n) is 5.60. The van der Waals surface area contributed by atoms with Crippen LogP contribution < -0.4 is 0 Å². The summed E-state index contributed by atoms with van der Waals surface area (Å²) in [4.78, 5) is 0. The molecule has 0 fully saturated rings. The van der Waals surface area contributed by atoms with Crippen molar-refractivity contribution in [2.24, 2.45) is 0 Å². The van der Waals surface area contributed by atoms with Crippen LogP contribution in [0.1, 0.15) is 6.92 Å². The van der Waals surface area contributed by atoms with E-state index in [1.807, 2.05) is 11.8 Å². The van der Waals surface area contributed by atoms with Crippen molar-refractivity contribution in [3.05, 3.63) is 11.0 Å². The first kappa shape index (κ1) is 8.44. The van der Waals surface area contributed by atoms with Gasteiger partial charge in [0.05, 0.1) is 0 Å². The van der Waals surface area contributed by atoms with Crippen molar-refractivity contribution in [1.82, 2.24) is 0 Å². The molecule has 0 N–H and O–H groups in total. The van der Waals surface area contributed by atoms with Gasteiger partial charge >= 0.3 is 0 Å². The van der Waals surface area contributed by atoms with E-state index in [2.05, 4.69) is 24.8 Å². The first-order chi connectivity index (χ1) is 3.81. The lowest BCUT2D eigenvalue weighted by atomic mass is 10.4. The second kappa shape index (κ2) is 5.57. The molecule has 0 radical (unpaired) electrons. The van der Waals surface area contributed by atoms with E-state index in [4.69, 9.17) is 0 Å². The minimum atomic E-state index is 1.17. The first-order valence-corrected chi connectivity index (χ1v) is 5.16. The van der Waals surface area contributed by atoms with Gasteiger partial charge in [-0.3, -0.25) is 0 Å². The lowest BCUT2D eigenvalue weighted by Gasteiger charge is -1.92. The maximum atomic E-state index is 2.19. The summed E-state index contributed by atoms with van der Waals surface area (Å²) in [5.74, 6) is 1.17. The van der Waals surface area contributed by atoms with E-state index in [1.54, 1.807) is 11.8 Å². The van der Waals surface area contributed by atoms with Crippen LogP contribution in [-0.4, -0.2) is 18.3 Å². The molecule has 0 aliphatic heterocycles. The third-order valence-electron chi connectivity index (χ3n) is 0.691. The average Bonchev–Trinajstić information content (AvgIpc) is 1.68. The monoisotopic (exact) mass is 148 g/mol. The van der Waals surface area contributed by atoms with Crippen molar-refractivity contribution >= 4 is 23.5 Å². The predicted molar refractivity (Wildman–Crippen MR) is 45.7 cm³/mol. The van der Waals surface area contributed by atoms with E-state index in [-0.39, 0.29) is 0 Å². The Morgan fingerprint density at radius 2 is 2.12 bits per heavy atom. The summed E-state index contributed by atoms with van der Waals surface area (Å²) in [6.45, 7) is 2.16. The number of thioether (sulfide) groups is 2. The zero-order chi connectivity index (χ0) is 6.41. The highest BCUT2D eigenvalue weighted by molar-refractivity contribution is 8.01. The normalized spacial score (nSPS) is 12.1.